The van der Waals surface area contributed by atoms with Crippen LogP contribution in [0.5, 0.6) is 5.75 Å². The third-order valence-corrected chi connectivity index (χ3v) is 3.80. The Hall–Kier alpha value is -3.29. The molecule has 0 unspecified atom stereocenters. The Morgan fingerprint density at radius 3 is 2.63 bits per heavy atom. The molecular weight excluding hydrogens is 363 g/mol. The Morgan fingerprint density at radius 2 is 1.89 bits per heavy atom. The molecule has 0 fully saturated rings. The average molecular weight is 377 g/mol. The second-order valence-corrected chi connectivity index (χ2v) is 5.79. The van der Waals surface area contributed by atoms with Crippen LogP contribution in [0.2, 0.25) is 0 Å². The van der Waals surface area contributed by atoms with Crippen LogP contribution < -0.4 is 15.7 Å². The van der Waals surface area contributed by atoms with Crippen molar-refractivity contribution in [2.75, 3.05) is 11.9 Å². The number of hydrogen-bond acceptors (Lipinski definition) is 4. The van der Waals surface area contributed by atoms with E-state index in [4.69, 9.17) is 9.15 Å². The smallest absolute Gasteiger partial charge is 0.418 e. The van der Waals surface area contributed by atoms with Crippen molar-refractivity contribution in [2.24, 2.45) is 0 Å². The predicted octanol–water partition coefficient (Wildman–Crippen LogP) is 4.14. The van der Waals surface area contributed by atoms with Crippen molar-refractivity contribution in [2.45, 2.75) is 13.1 Å². The minimum absolute atomic E-state index is 0.246. The van der Waals surface area contributed by atoms with Crippen LogP contribution in [0.1, 0.15) is 11.1 Å². The van der Waals surface area contributed by atoms with Crippen LogP contribution in [-0.2, 0) is 11.0 Å². The van der Waals surface area contributed by atoms with Crippen LogP contribution >= 0.6 is 0 Å². The van der Waals surface area contributed by atoms with Crippen LogP contribution in [0.4, 0.5) is 18.9 Å². The van der Waals surface area contributed by atoms with E-state index in [0.717, 1.165) is 17.7 Å². The van der Waals surface area contributed by atoms with Gasteiger partial charge in [0.2, 0.25) is 0 Å². The molecule has 0 radical (unpaired) electrons. The standard InChI is InChI=1S/C19H14F3NO4/c1-11-8-18(25)27-16-9-12(6-7-13(11)16)26-10-17(24)23-15-5-3-2-4-14(15)19(20,21)22/h2-9H,10H2,1H3,(H,23,24). The zero-order valence-electron chi connectivity index (χ0n) is 14.1. The molecule has 5 nitrogen and oxygen atoms in total. The first-order valence-electron chi connectivity index (χ1n) is 7.87. The van der Waals surface area contributed by atoms with Gasteiger partial charge in [-0.2, -0.15) is 13.2 Å². The highest BCUT2D eigenvalue weighted by Gasteiger charge is 2.33. The van der Waals surface area contributed by atoms with E-state index < -0.39 is 29.9 Å². The van der Waals surface area contributed by atoms with E-state index in [0.29, 0.717) is 11.0 Å². The Balaban J connectivity index is 1.72. The third-order valence-electron chi connectivity index (χ3n) is 3.80. The molecule has 1 heterocycles. The summed E-state index contributed by atoms with van der Waals surface area (Å²) in [7, 11) is 0. The molecule has 27 heavy (non-hydrogen) atoms. The number of amides is 1. The SMILES string of the molecule is Cc1cc(=O)oc2cc(OCC(=O)Nc3ccccc3C(F)(F)F)ccc12. The zero-order valence-corrected chi connectivity index (χ0v) is 14.1. The van der Waals surface area contributed by atoms with Gasteiger partial charge in [0.15, 0.2) is 6.61 Å². The highest BCUT2D eigenvalue weighted by atomic mass is 19.4. The average Bonchev–Trinajstić information content (AvgIpc) is 2.59. The quantitative estimate of drug-likeness (QED) is 0.694. The Kier molecular flexibility index (Phi) is 4.89. The van der Waals surface area contributed by atoms with Crippen LogP contribution in [0.25, 0.3) is 11.0 Å². The molecule has 0 bridgehead atoms. The van der Waals surface area contributed by atoms with Gasteiger partial charge in [0.25, 0.3) is 5.91 Å². The Labute approximate surface area is 151 Å². The van der Waals surface area contributed by atoms with Gasteiger partial charge in [-0.1, -0.05) is 12.1 Å². The van der Waals surface area contributed by atoms with Crippen molar-refractivity contribution >= 4 is 22.6 Å². The van der Waals surface area contributed by atoms with Gasteiger partial charge in [0.05, 0.1) is 11.3 Å². The second-order valence-electron chi connectivity index (χ2n) is 5.79. The molecule has 1 N–H and O–H groups in total. The van der Waals surface area contributed by atoms with Gasteiger partial charge >= 0.3 is 11.8 Å². The number of anilines is 1. The molecular formula is C19H14F3NO4. The van der Waals surface area contributed by atoms with Gasteiger partial charge in [-0.05, 0) is 36.8 Å². The number of benzene rings is 2. The first kappa shape index (κ1) is 18.5. The largest absolute Gasteiger partial charge is 0.484 e. The number of aryl methyl sites for hydroxylation is 1. The second kappa shape index (κ2) is 7.14. The fourth-order valence-electron chi connectivity index (χ4n) is 2.57. The molecule has 3 aromatic rings. The molecule has 0 spiro atoms. The lowest BCUT2D eigenvalue weighted by Crippen LogP contribution is -2.22. The van der Waals surface area contributed by atoms with Crippen LogP contribution in [0, 0.1) is 6.92 Å². The molecule has 0 aliphatic carbocycles. The maximum absolute atomic E-state index is 12.9. The van der Waals surface area contributed by atoms with Gasteiger partial charge in [-0.25, -0.2) is 4.79 Å². The van der Waals surface area contributed by atoms with Gasteiger partial charge < -0.3 is 14.5 Å². The van der Waals surface area contributed by atoms with Crippen molar-refractivity contribution in [1.82, 2.24) is 0 Å². The lowest BCUT2D eigenvalue weighted by molar-refractivity contribution is -0.137. The Bertz CT molecular complexity index is 1060. The third kappa shape index (κ3) is 4.28. The minimum Gasteiger partial charge on any atom is -0.484 e. The van der Waals surface area contributed by atoms with E-state index in [1.165, 1.54) is 24.3 Å². The first-order valence-corrected chi connectivity index (χ1v) is 7.87. The number of carbonyl (C=O) groups is 1. The van der Waals surface area contributed by atoms with Crippen LogP contribution in [0.15, 0.2) is 57.7 Å². The minimum atomic E-state index is -4.58. The van der Waals surface area contributed by atoms with E-state index in [2.05, 4.69) is 5.32 Å². The molecule has 0 aliphatic rings. The Morgan fingerprint density at radius 1 is 1.15 bits per heavy atom. The van der Waals surface area contributed by atoms with Crippen molar-refractivity contribution in [3.63, 3.8) is 0 Å². The number of alkyl halides is 3. The lowest BCUT2D eigenvalue weighted by Gasteiger charge is -2.14. The first-order chi connectivity index (χ1) is 12.7. The monoisotopic (exact) mass is 377 g/mol. The highest BCUT2D eigenvalue weighted by Crippen LogP contribution is 2.34. The number of ether oxygens (including phenoxy) is 1. The molecule has 8 heteroatoms. The van der Waals surface area contributed by atoms with E-state index in [1.54, 1.807) is 19.1 Å². The summed E-state index contributed by atoms with van der Waals surface area (Å²) < 4.78 is 49.2. The lowest BCUT2D eigenvalue weighted by atomic mass is 10.1. The normalized spacial score (nSPS) is 11.4. The molecule has 0 atom stereocenters. The molecule has 0 aliphatic heterocycles. The zero-order chi connectivity index (χ0) is 19.6. The van der Waals surface area contributed by atoms with E-state index >= 15 is 0 Å². The maximum atomic E-state index is 12.9. The summed E-state index contributed by atoms with van der Waals surface area (Å²) in [6.07, 6.45) is -4.58. The van der Waals surface area contributed by atoms with Gasteiger partial charge in [0, 0.05) is 17.5 Å². The van der Waals surface area contributed by atoms with Crippen molar-refractivity contribution in [1.29, 1.82) is 0 Å². The summed E-state index contributed by atoms with van der Waals surface area (Å²) in [5.74, 6) is -0.506. The van der Waals surface area contributed by atoms with Gasteiger partial charge in [-0.3, -0.25) is 4.79 Å². The number of carbonyl (C=O) groups excluding carboxylic acids is 1. The summed E-state index contributed by atoms with van der Waals surface area (Å²) in [6, 6.07) is 10.7. The van der Waals surface area contributed by atoms with Crippen LogP contribution in [0.3, 0.4) is 0 Å². The van der Waals surface area contributed by atoms with E-state index in [9.17, 15) is 22.8 Å². The number of hydrogen-bond donors (Lipinski definition) is 1. The number of nitrogens with one attached hydrogen (secondary N) is 1. The number of fused-ring (bicyclic) bond motifs is 1. The molecule has 0 saturated heterocycles. The molecule has 1 amide bonds. The van der Waals surface area contributed by atoms with E-state index in [1.807, 2.05) is 0 Å². The van der Waals surface area contributed by atoms with Gasteiger partial charge in [-0.15, -0.1) is 0 Å². The summed E-state index contributed by atoms with van der Waals surface area (Å²) in [5.41, 5.74) is -0.784. The maximum Gasteiger partial charge on any atom is 0.418 e. The van der Waals surface area contributed by atoms with E-state index in [-0.39, 0.29) is 11.4 Å². The predicted molar refractivity (Wildman–Crippen MR) is 92.8 cm³/mol. The topological polar surface area (TPSA) is 68.5 Å². The molecule has 140 valence electrons. The molecule has 1 aromatic heterocycles. The fraction of sp³-hybridized carbons (Fsp3) is 0.158. The molecule has 2 aromatic carbocycles. The highest BCUT2D eigenvalue weighted by molar-refractivity contribution is 5.92. The summed E-state index contributed by atoms with van der Waals surface area (Å²) in [4.78, 5) is 23.4. The number of halogens is 3. The molecule has 0 saturated carbocycles. The van der Waals surface area contributed by atoms with Crippen molar-refractivity contribution in [3.05, 3.63) is 70.1 Å². The number of rotatable bonds is 4. The molecule has 3 rings (SSSR count). The summed E-state index contributed by atoms with van der Waals surface area (Å²) >= 11 is 0. The number of para-hydroxylation sites is 1. The van der Waals surface area contributed by atoms with Crippen molar-refractivity contribution in [3.8, 4) is 5.75 Å². The van der Waals surface area contributed by atoms with Crippen LogP contribution in [-0.4, -0.2) is 12.5 Å². The van der Waals surface area contributed by atoms with Gasteiger partial charge in [0.1, 0.15) is 11.3 Å². The summed E-state index contributed by atoms with van der Waals surface area (Å²) in [5, 5.41) is 2.90. The fourth-order valence-corrected chi connectivity index (χ4v) is 2.57. The summed E-state index contributed by atoms with van der Waals surface area (Å²) in [6.45, 7) is 1.25. The van der Waals surface area contributed by atoms with Crippen molar-refractivity contribution < 1.29 is 27.1 Å².